The molecular formula is C13H19BrN2O. The Morgan fingerprint density at radius 2 is 2.29 bits per heavy atom. The number of aryl methyl sites for hydroxylation is 1. The largest absolute Gasteiger partial charge is 0.394 e. The lowest BCUT2D eigenvalue weighted by atomic mass is 10.1. The standard InChI is InChI=1S/C13H19BrN2O/c1-9-3-4-13(12(14)5-9)16-7-10(2)15-6-11(16)8-17/h3-5,10-11,15,17H,6-8H2,1-2H3. The molecule has 3 nitrogen and oxygen atoms in total. The molecule has 0 aliphatic carbocycles. The quantitative estimate of drug-likeness (QED) is 0.876. The van der Waals surface area contributed by atoms with Crippen molar-refractivity contribution in [1.29, 1.82) is 0 Å². The third-order valence-electron chi connectivity index (χ3n) is 3.24. The first-order chi connectivity index (χ1) is 8.11. The first-order valence-electron chi connectivity index (χ1n) is 5.99. The Balaban J connectivity index is 2.28. The van der Waals surface area contributed by atoms with Gasteiger partial charge in [0, 0.05) is 23.6 Å². The van der Waals surface area contributed by atoms with E-state index >= 15 is 0 Å². The third kappa shape index (κ3) is 2.81. The summed E-state index contributed by atoms with van der Waals surface area (Å²) in [6, 6.07) is 6.97. The van der Waals surface area contributed by atoms with E-state index < -0.39 is 0 Å². The maximum absolute atomic E-state index is 9.46. The summed E-state index contributed by atoms with van der Waals surface area (Å²) in [5.41, 5.74) is 2.41. The van der Waals surface area contributed by atoms with Crippen LogP contribution in [0.15, 0.2) is 22.7 Å². The zero-order chi connectivity index (χ0) is 12.4. The minimum Gasteiger partial charge on any atom is -0.394 e. The molecule has 17 heavy (non-hydrogen) atoms. The van der Waals surface area contributed by atoms with Gasteiger partial charge in [-0.25, -0.2) is 0 Å². The van der Waals surface area contributed by atoms with Gasteiger partial charge in [0.15, 0.2) is 0 Å². The SMILES string of the molecule is Cc1ccc(N2CC(C)NCC2CO)c(Br)c1. The molecule has 0 amide bonds. The van der Waals surface area contributed by atoms with E-state index in [1.807, 2.05) is 0 Å². The van der Waals surface area contributed by atoms with Gasteiger partial charge in [-0.15, -0.1) is 0 Å². The average Bonchev–Trinajstić information content (AvgIpc) is 2.29. The lowest BCUT2D eigenvalue weighted by Gasteiger charge is -2.40. The molecular weight excluding hydrogens is 280 g/mol. The Hall–Kier alpha value is -0.580. The van der Waals surface area contributed by atoms with E-state index in [1.54, 1.807) is 0 Å². The molecule has 1 aliphatic heterocycles. The Morgan fingerprint density at radius 3 is 2.94 bits per heavy atom. The van der Waals surface area contributed by atoms with Crippen LogP contribution in [0.3, 0.4) is 0 Å². The smallest absolute Gasteiger partial charge is 0.0647 e. The van der Waals surface area contributed by atoms with Gasteiger partial charge in [-0.05, 0) is 47.5 Å². The van der Waals surface area contributed by atoms with Crippen LogP contribution in [-0.4, -0.2) is 36.9 Å². The molecule has 2 atom stereocenters. The zero-order valence-corrected chi connectivity index (χ0v) is 11.9. The van der Waals surface area contributed by atoms with Crippen LogP contribution < -0.4 is 10.2 Å². The van der Waals surface area contributed by atoms with Gasteiger partial charge in [0.05, 0.1) is 18.3 Å². The van der Waals surface area contributed by atoms with Gasteiger partial charge in [-0.3, -0.25) is 0 Å². The van der Waals surface area contributed by atoms with Crippen molar-refractivity contribution in [3.63, 3.8) is 0 Å². The van der Waals surface area contributed by atoms with E-state index in [9.17, 15) is 5.11 Å². The van der Waals surface area contributed by atoms with Gasteiger partial charge in [-0.1, -0.05) is 6.07 Å². The minimum atomic E-state index is 0.158. The van der Waals surface area contributed by atoms with E-state index in [1.165, 1.54) is 11.3 Å². The van der Waals surface area contributed by atoms with Crippen molar-refractivity contribution in [3.8, 4) is 0 Å². The fraction of sp³-hybridized carbons (Fsp3) is 0.538. The number of benzene rings is 1. The highest BCUT2D eigenvalue weighted by Gasteiger charge is 2.26. The number of hydrogen-bond donors (Lipinski definition) is 2. The number of piperazine rings is 1. The second-order valence-electron chi connectivity index (χ2n) is 4.75. The van der Waals surface area contributed by atoms with Gasteiger partial charge >= 0.3 is 0 Å². The second-order valence-corrected chi connectivity index (χ2v) is 5.61. The number of hydrogen-bond acceptors (Lipinski definition) is 3. The normalized spacial score (nSPS) is 25.1. The van der Waals surface area contributed by atoms with Crippen LogP contribution in [0.1, 0.15) is 12.5 Å². The Labute approximate surface area is 111 Å². The summed E-state index contributed by atoms with van der Waals surface area (Å²) < 4.78 is 1.10. The molecule has 4 heteroatoms. The van der Waals surface area contributed by atoms with Gasteiger partial charge in [0.2, 0.25) is 0 Å². The molecule has 2 N–H and O–H groups in total. The average molecular weight is 299 g/mol. The number of anilines is 1. The second kappa shape index (κ2) is 5.38. The van der Waals surface area contributed by atoms with Gasteiger partial charge in [0.1, 0.15) is 0 Å². The van der Waals surface area contributed by atoms with Gasteiger partial charge in [-0.2, -0.15) is 0 Å². The molecule has 1 saturated heterocycles. The maximum atomic E-state index is 9.46. The number of aliphatic hydroxyl groups excluding tert-OH is 1. The molecule has 0 aromatic heterocycles. The minimum absolute atomic E-state index is 0.158. The molecule has 2 rings (SSSR count). The molecule has 2 unspecified atom stereocenters. The predicted molar refractivity (Wildman–Crippen MR) is 74.6 cm³/mol. The fourth-order valence-electron chi connectivity index (χ4n) is 2.26. The van der Waals surface area contributed by atoms with Crippen LogP contribution in [0.5, 0.6) is 0 Å². The van der Waals surface area contributed by atoms with E-state index in [2.05, 4.69) is 58.2 Å². The van der Waals surface area contributed by atoms with E-state index in [0.717, 1.165) is 17.6 Å². The van der Waals surface area contributed by atoms with Crippen LogP contribution in [0.25, 0.3) is 0 Å². The molecule has 1 aliphatic rings. The highest BCUT2D eigenvalue weighted by molar-refractivity contribution is 9.10. The maximum Gasteiger partial charge on any atom is 0.0647 e. The van der Waals surface area contributed by atoms with E-state index in [-0.39, 0.29) is 12.6 Å². The summed E-state index contributed by atoms with van der Waals surface area (Å²) in [5.74, 6) is 0. The Bertz CT molecular complexity index is 397. The predicted octanol–water partition coefficient (Wildman–Crippen LogP) is 1.92. The molecule has 1 fully saturated rings. The first-order valence-corrected chi connectivity index (χ1v) is 6.78. The fourth-order valence-corrected chi connectivity index (χ4v) is 2.98. The molecule has 1 heterocycles. The zero-order valence-electron chi connectivity index (χ0n) is 10.3. The van der Waals surface area contributed by atoms with Crippen molar-refractivity contribution in [1.82, 2.24) is 5.32 Å². The van der Waals surface area contributed by atoms with Crippen molar-refractivity contribution in [2.24, 2.45) is 0 Å². The molecule has 0 radical (unpaired) electrons. The van der Waals surface area contributed by atoms with Crippen LogP contribution in [0.4, 0.5) is 5.69 Å². The molecule has 94 valence electrons. The van der Waals surface area contributed by atoms with Crippen molar-refractivity contribution < 1.29 is 5.11 Å². The highest BCUT2D eigenvalue weighted by Crippen LogP contribution is 2.29. The summed E-state index contributed by atoms with van der Waals surface area (Å²) in [7, 11) is 0. The summed E-state index contributed by atoms with van der Waals surface area (Å²) in [6.45, 7) is 6.19. The molecule has 0 bridgehead atoms. The number of nitrogens with zero attached hydrogens (tertiary/aromatic N) is 1. The number of halogens is 1. The molecule has 1 aromatic carbocycles. The molecule has 1 aromatic rings. The van der Waals surface area contributed by atoms with Crippen molar-refractivity contribution in [2.75, 3.05) is 24.6 Å². The Morgan fingerprint density at radius 1 is 1.53 bits per heavy atom. The van der Waals surface area contributed by atoms with Gasteiger partial charge in [0.25, 0.3) is 0 Å². The van der Waals surface area contributed by atoms with Crippen molar-refractivity contribution >= 4 is 21.6 Å². The number of rotatable bonds is 2. The number of aliphatic hydroxyl groups is 1. The number of nitrogens with one attached hydrogen (secondary N) is 1. The Kier molecular flexibility index (Phi) is 4.07. The van der Waals surface area contributed by atoms with E-state index in [4.69, 9.17) is 0 Å². The van der Waals surface area contributed by atoms with Crippen LogP contribution in [0.2, 0.25) is 0 Å². The van der Waals surface area contributed by atoms with E-state index in [0.29, 0.717) is 6.04 Å². The monoisotopic (exact) mass is 298 g/mol. The van der Waals surface area contributed by atoms with Crippen LogP contribution in [-0.2, 0) is 0 Å². The first kappa shape index (κ1) is 12.9. The highest BCUT2D eigenvalue weighted by atomic mass is 79.9. The summed E-state index contributed by atoms with van der Waals surface area (Å²) in [6.07, 6.45) is 0. The van der Waals surface area contributed by atoms with Crippen molar-refractivity contribution in [3.05, 3.63) is 28.2 Å². The summed E-state index contributed by atoms with van der Waals surface area (Å²) in [4.78, 5) is 2.28. The summed E-state index contributed by atoms with van der Waals surface area (Å²) in [5, 5.41) is 12.9. The van der Waals surface area contributed by atoms with Gasteiger partial charge < -0.3 is 15.3 Å². The topological polar surface area (TPSA) is 35.5 Å². The third-order valence-corrected chi connectivity index (χ3v) is 3.87. The molecule has 0 spiro atoms. The summed E-state index contributed by atoms with van der Waals surface area (Å²) >= 11 is 3.62. The lowest BCUT2D eigenvalue weighted by molar-refractivity contribution is 0.237. The molecule has 0 saturated carbocycles. The van der Waals surface area contributed by atoms with Crippen LogP contribution in [0, 0.1) is 6.92 Å². The van der Waals surface area contributed by atoms with Crippen LogP contribution >= 0.6 is 15.9 Å². The van der Waals surface area contributed by atoms with Crippen molar-refractivity contribution in [2.45, 2.75) is 25.9 Å². The lowest BCUT2D eigenvalue weighted by Crippen LogP contribution is -2.57.